The molecule has 1 rings (SSSR count). The van der Waals surface area contributed by atoms with Crippen LogP contribution in [0.4, 0.5) is 0 Å². The minimum atomic E-state index is -1.34. The number of thiophene rings is 1. The van der Waals surface area contributed by atoms with E-state index in [9.17, 15) is 9.59 Å². The van der Waals surface area contributed by atoms with E-state index in [0.717, 1.165) is 5.56 Å². The van der Waals surface area contributed by atoms with Crippen LogP contribution in [0, 0.1) is 12.3 Å². The van der Waals surface area contributed by atoms with Gasteiger partial charge in [-0.05, 0) is 37.8 Å². The van der Waals surface area contributed by atoms with Crippen LogP contribution >= 0.6 is 11.3 Å². The first-order valence-corrected chi connectivity index (χ1v) is 5.07. The summed E-state index contributed by atoms with van der Waals surface area (Å²) in [5.41, 5.74) is -0.496. The Morgan fingerprint density at radius 2 is 2.00 bits per heavy atom. The minimum Gasteiger partial charge on any atom is -0.481 e. The van der Waals surface area contributed by atoms with Crippen molar-refractivity contribution >= 4 is 23.1 Å². The van der Waals surface area contributed by atoms with Crippen molar-refractivity contribution in [1.82, 2.24) is 0 Å². The van der Waals surface area contributed by atoms with Gasteiger partial charge >= 0.3 is 5.97 Å². The zero-order chi connectivity index (χ0) is 10.9. The van der Waals surface area contributed by atoms with E-state index >= 15 is 0 Å². The molecule has 0 aromatic carbocycles. The van der Waals surface area contributed by atoms with Crippen molar-refractivity contribution in [2.75, 3.05) is 0 Å². The third-order valence-electron chi connectivity index (χ3n) is 2.17. The molecule has 1 N–H and O–H groups in total. The van der Waals surface area contributed by atoms with Crippen molar-refractivity contribution in [3.8, 4) is 0 Å². The van der Waals surface area contributed by atoms with E-state index in [-0.39, 0.29) is 5.78 Å². The third-order valence-corrected chi connectivity index (χ3v) is 3.19. The van der Waals surface area contributed by atoms with Gasteiger partial charge in [-0.25, -0.2) is 0 Å². The molecular weight excluding hydrogens is 200 g/mol. The molecular formula is C10H12O3S. The normalized spacial score (nSPS) is 11.4. The molecule has 0 aliphatic rings. The topological polar surface area (TPSA) is 54.4 Å². The van der Waals surface area contributed by atoms with Gasteiger partial charge in [-0.3, -0.25) is 9.59 Å². The number of carbonyl (C=O) groups is 2. The predicted octanol–water partition coefficient (Wildman–Crippen LogP) is 2.35. The summed E-state index contributed by atoms with van der Waals surface area (Å²) in [4.78, 5) is 23.2. The van der Waals surface area contributed by atoms with Gasteiger partial charge in [-0.2, -0.15) is 0 Å². The summed E-state index contributed by atoms with van der Waals surface area (Å²) < 4.78 is 0. The molecule has 0 bridgehead atoms. The number of aryl methyl sites for hydroxylation is 1. The summed E-state index contributed by atoms with van der Waals surface area (Å²) in [6.45, 7) is 4.66. The maximum absolute atomic E-state index is 11.8. The highest BCUT2D eigenvalue weighted by molar-refractivity contribution is 7.12. The Labute approximate surface area is 86.4 Å². The van der Waals surface area contributed by atoms with Gasteiger partial charge in [0, 0.05) is 0 Å². The maximum atomic E-state index is 11.8. The molecule has 76 valence electrons. The molecule has 1 aromatic rings. The molecule has 0 amide bonds. The number of aliphatic carboxylic acids is 1. The van der Waals surface area contributed by atoms with Gasteiger partial charge in [-0.15, -0.1) is 11.3 Å². The van der Waals surface area contributed by atoms with Gasteiger partial charge in [0.15, 0.2) is 5.78 Å². The Balaban J connectivity index is 3.09. The van der Waals surface area contributed by atoms with Crippen LogP contribution in [0.2, 0.25) is 0 Å². The summed E-state index contributed by atoms with van der Waals surface area (Å²) in [6, 6.07) is 1.82. The van der Waals surface area contributed by atoms with Crippen LogP contribution in [0.5, 0.6) is 0 Å². The highest BCUT2D eigenvalue weighted by Crippen LogP contribution is 2.27. The predicted molar refractivity (Wildman–Crippen MR) is 54.8 cm³/mol. The minimum absolute atomic E-state index is 0.322. The molecule has 1 heterocycles. The summed E-state index contributed by atoms with van der Waals surface area (Å²) in [7, 11) is 0. The smallest absolute Gasteiger partial charge is 0.317 e. The molecule has 0 saturated carbocycles. The average Bonchev–Trinajstić information content (AvgIpc) is 2.49. The first-order chi connectivity index (χ1) is 6.37. The van der Waals surface area contributed by atoms with Crippen molar-refractivity contribution in [3.05, 3.63) is 21.9 Å². The van der Waals surface area contributed by atoms with Crippen LogP contribution in [-0.2, 0) is 4.79 Å². The number of Topliss-reactive ketones (excluding diaryl/α,β-unsaturated/α-hetero) is 1. The Morgan fingerprint density at radius 1 is 1.43 bits per heavy atom. The van der Waals surface area contributed by atoms with Crippen molar-refractivity contribution < 1.29 is 14.7 Å². The van der Waals surface area contributed by atoms with Crippen LogP contribution in [-0.4, -0.2) is 16.9 Å². The number of carbonyl (C=O) groups excluding carboxylic acids is 1. The quantitative estimate of drug-likeness (QED) is 0.618. The lowest BCUT2D eigenvalue weighted by Gasteiger charge is -2.16. The van der Waals surface area contributed by atoms with Crippen LogP contribution in [0.15, 0.2) is 11.4 Å². The molecule has 0 atom stereocenters. The lowest BCUT2D eigenvalue weighted by molar-refractivity contribution is -0.144. The number of carboxylic acids is 1. The van der Waals surface area contributed by atoms with Crippen molar-refractivity contribution in [2.24, 2.45) is 5.41 Å². The summed E-state index contributed by atoms with van der Waals surface area (Å²) in [5.74, 6) is -1.41. The first kappa shape index (κ1) is 10.9. The zero-order valence-corrected chi connectivity index (χ0v) is 9.14. The largest absolute Gasteiger partial charge is 0.481 e. The highest BCUT2D eigenvalue weighted by atomic mass is 32.1. The van der Waals surface area contributed by atoms with Crippen LogP contribution < -0.4 is 0 Å². The van der Waals surface area contributed by atoms with E-state index in [1.165, 1.54) is 25.2 Å². The molecule has 4 heteroatoms. The molecule has 1 aromatic heterocycles. The SMILES string of the molecule is Cc1ccsc1C(=O)C(C)(C)C(=O)O. The number of hydrogen-bond acceptors (Lipinski definition) is 3. The van der Waals surface area contributed by atoms with Gasteiger partial charge in [-0.1, -0.05) is 0 Å². The highest BCUT2D eigenvalue weighted by Gasteiger charge is 2.37. The first-order valence-electron chi connectivity index (χ1n) is 4.19. The second-order valence-electron chi connectivity index (χ2n) is 3.69. The standard InChI is InChI=1S/C10H12O3S/c1-6-4-5-14-7(6)8(11)10(2,3)9(12)13/h4-5H,1-3H3,(H,12,13). The Hall–Kier alpha value is -1.16. The van der Waals surface area contributed by atoms with Gasteiger partial charge in [0.1, 0.15) is 5.41 Å². The van der Waals surface area contributed by atoms with E-state index in [1.54, 1.807) is 5.38 Å². The van der Waals surface area contributed by atoms with Gasteiger partial charge < -0.3 is 5.11 Å². The molecule has 0 spiro atoms. The van der Waals surface area contributed by atoms with Gasteiger partial charge in [0.2, 0.25) is 0 Å². The number of carboxylic acid groups (broad SMARTS) is 1. The van der Waals surface area contributed by atoms with Crippen molar-refractivity contribution in [3.63, 3.8) is 0 Å². The Bertz CT molecular complexity index is 376. The van der Waals surface area contributed by atoms with E-state index in [1.807, 2.05) is 13.0 Å². The summed E-state index contributed by atoms with van der Waals surface area (Å²) in [5, 5.41) is 10.7. The summed E-state index contributed by atoms with van der Waals surface area (Å²) >= 11 is 1.29. The maximum Gasteiger partial charge on any atom is 0.317 e. The lowest BCUT2D eigenvalue weighted by Crippen LogP contribution is -2.33. The fourth-order valence-electron chi connectivity index (χ4n) is 0.986. The number of hydrogen-bond donors (Lipinski definition) is 1. The van der Waals surface area contributed by atoms with Crippen LogP contribution in [0.1, 0.15) is 29.1 Å². The van der Waals surface area contributed by atoms with Crippen LogP contribution in [0.3, 0.4) is 0 Å². The second kappa shape index (κ2) is 3.53. The molecule has 0 aliphatic heterocycles. The molecule has 0 radical (unpaired) electrons. The monoisotopic (exact) mass is 212 g/mol. The van der Waals surface area contributed by atoms with E-state index in [2.05, 4.69) is 0 Å². The number of ketones is 1. The zero-order valence-electron chi connectivity index (χ0n) is 8.33. The van der Waals surface area contributed by atoms with Crippen molar-refractivity contribution in [1.29, 1.82) is 0 Å². The van der Waals surface area contributed by atoms with Crippen LogP contribution in [0.25, 0.3) is 0 Å². The average molecular weight is 212 g/mol. The number of rotatable bonds is 3. The fourth-order valence-corrected chi connectivity index (χ4v) is 2.01. The summed E-state index contributed by atoms with van der Waals surface area (Å²) in [6.07, 6.45) is 0. The Kier molecular flexibility index (Phi) is 2.76. The molecule has 0 fully saturated rings. The molecule has 0 unspecified atom stereocenters. The molecule has 0 saturated heterocycles. The third kappa shape index (κ3) is 1.70. The molecule has 0 aliphatic carbocycles. The molecule has 3 nitrogen and oxygen atoms in total. The fraction of sp³-hybridized carbons (Fsp3) is 0.400. The van der Waals surface area contributed by atoms with Gasteiger partial charge in [0.05, 0.1) is 4.88 Å². The second-order valence-corrected chi connectivity index (χ2v) is 4.61. The van der Waals surface area contributed by atoms with Crippen molar-refractivity contribution in [2.45, 2.75) is 20.8 Å². The molecule has 14 heavy (non-hydrogen) atoms. The van der Waals surface area contributed by atoms with E-state index in [4.69, 9.17) is 5.11 Å². The van der Waals surface area contributed by atoms with E-state index < -0.39 is 11.4 Å². The lowest BCUT2D eigenvalue weighted by atomic mass is 9.86. The Morgan fingerprint density at radius 3 is 2.36 bits per heavy atom. The van der Waals surface area contributed by atoms with E-state index in [0.29, 0.717) is 4.88 Å². The van der Waals surface area contributed by atoms with Gasteiger partial charge in [0.25, 0.3) is 0 Å².